The lowest BCUT2D eigenvalue weighted by molar-refractivity contribution is -0.118. The minimum atomic E-state index is -1.86. The third-order valence-electron chi connectivity index (χ3n) is 6.99. The molecular weight excluding hydrogens is 376 g/mol. The summed E-state index contributed by atoms with van der Waals surface area (Å²) >= 11 is 0. The molecule has 0 heterocycles. The van der Waals surface area contributed by atoms with E-state index in [4.69, 9.17) is 4.43 Å². The third-order valence-corrected chi connectivity index (χ3v) is 9.47. The monoisotopic (exact) mass is 408 g/mol. The lowest BCUT2D eigenvalue weighted by atomic mass is 9.70. The Morgan fingerprint density at radius 1 is 1.03 bits per heavy atom. The van der Waals surface area contributed by atoms with Crippen LogP contribution in [0.5, 0.6) is 0 Å². The molecule has 154 valence electrons. The molecular formula is C25H32O3Si. The van der Waals surface area contributed by atoms with E-state index >= 15 is 0 Å². The molecule has 4 heteroatoms. The molecule has 2 aliphatic rings. The highest BCUT2D eigenvalue weighted by molar-refractivity contribution is 6.80. The fourth-order valence-corrected chi connectivity index (χ4v) is 8.30. The highest BCUT2D eigenvalue weighted by Gasteiger charge is 2.60. The Balaban J connectivity index is 1.62. The van der Waals surface area contributed by atoms with Crippen molar-refractivity contribution in [2.45, 2.75) is 46.1 Å². The number of aliphatic hydroxyl groups excluding tert-OH is 1. The minimum Gasteiger partial charge on any atom is -0.410 e. The first-order valence-corrected chi connectivity index (χ1v) is 12.3. The van der Waals surface area contributed by atoms with Crippen molar-refractivity contribution in [1.29, 1.82) is 0 Å². The van der Waals surface area contributed by atoms with Crippen LogP contribution in [0.1, 0.15) is 40.0 Å². The van der Waals surface area contributed by atoms with Gasteiger partial charge in [-0.3, -0.25) is 4.79 Å². The summed E-state index contributed by atoms with van der Waals surface area (Å²) in [5.41, 5.74) is -0.241. The molecule has 1 N–H and O–H groups in total. The number of rotatable bonds is 5. The SMILES string of the molecule is CC(C)(C)[C@H]1[C@H](O)C[C@@]2(CO[SiH](c3ccccc3)c3ccccc3)CC(=O)C[C@@H]12. The quantitative estimate of drug-likeness (QED) is 0.774. The number of aliphatic hydroxyl groups is 1. The van der Waals surface area contributed by atoms with Gasteiger partial charge in [-0.25, -0.2) is 0 Å². The van der Waals surface area contributed by atoms with E-state index in [1.54, 1.807) is 0 Å². The second-order valence-electron chi connectivity index (χ2n) is 10.1. The van der Waals surface area contributed by atoms with Crippen LogP contribution in [-0.4, -0.2) is 32.6 Å². The maximum atomic E-state index is 12.5. The zero-order valence-electron chi connectivity index (χ0n) is 17.7. The van der Waals surface area contributed by atoms with Crippen LogP contribution >= 0.6 is 0 Å². The molecule has 0 saturated heterocycles. The maximum absolute atomic E-state index is 12.5. The molecule has 0 amide bonds. The Morgan fingerprint density at radius 2 is 1.59 bits per heavy atom. The number of hydrogen-bond acceptors (Lipinski definition) is 3. The molecule has 2 aliphatic carbocycles. The molecule has 4 rings (SSSR count). The molecule has 0 radical (unpaired) electrons. The highest BCUT2D eigenvalue weighted by Crippen LogP contribution is 2.60. The van der Waals surface area contributed by atoms with E-state index in [1.807, 2.05) is 12.1 Å². The fourth-order valence-electron chi connectivity index (χ4n) is 5.89. The summed E-state index contributed by atoms with van der Waals surface area (Å²) in [6.07, 6.45) is 1.46. The second-order valence-corrected chi connectivity index (χ2v) is 12.5. The van der Waals surface area contributed by atoms with Gasteiger partial charge in [0.1, 0.15) is 5.78 Å². The van der Waals surface area contributed by atoms with E-state index < -0.39 is 9.04 Å². The lowest BCUT2D eigenvalue weighted by Gasteiger charge is -2.37. The summed E-state index contributed by atoms with van der Waals surface area (Å²) in [5.74, 6) is 0.690. The van der Waals surface area contributed by atoms with Crippen molar-refractivity contribution in [1.82, 2.24) is 0 Å². The summed E-state index contributed by atoms with van der Waals surface area (Å²) in [6.45, 7) is 7.12. The number of Topliss-reactive ketones (excluding diaryl/α,β-unsaturated/α-hetero) is 1. The van der Waals surface area contributed by atoms with Gasteiger partial charge < -0.3 is 9.53 Å². The van der Waals surface area contributed by atoms with Crippen molar-refractivity contribution < 1.29 is 14.3 Å². The average Bonchev–Trinajstić information content (AvgIpc) is 3.12. The van der Waals surface area contributed by atoms with Gasteiger partial charge in [-0.1, -0.05) is 81.4 Å². The van der Waals surface area contributed by atoms with Crippen molar-refractivity contribution >= 4 is 25.2 Å². The average molecular weight is 409 g/mol. The van der Waals surface area contributed by atoms with Gasteiger partial charge in [-0.05, 0) is 34.0 Å². The van der Waals surface area contributed by atoms with Gasteiger partial charge >= 0.3 is 0 Å². The lowest BCUT2D eigenvalue weighted by Crippen LogP contribution is -2.47. The van der Waals surface area contributed by atoms with Gasteiger partial charge in [-0.2, -0.15) is 0 Å². The Hall–Kier alpha value is -1.75. The smallest absolute Gasteiger partial charge is 0.239 e. The van der Waals surface area contributed by atoms with Crippen molar-refractivity contribution in [3.63, 3.8) is 0 Å². The first kappa shape index (κ1) is 20.5. The molecule has 0 aliphatic heterocycles. The fraction of sp³-hybridized carbons (Fsp3) is 0.480. The molecule has 2 saturated carbocycles. The molecule has 2 aromatic rings. The molecule has 0 unspecified atom stereocenters. The van der Waals surface area contributed by atoms with Crippen molar-refractivity contribution in [3.8, 4) is 0 Å². The Morgan fingerprint density at radius 3 is 2.10 bits per heavy atom. The third kappa shape index (κ3) is 3.98. The van der Waals surface area contributed by atoms with Gasteiger partial charge in [0, 0.05) is 24.9 Å². The number of fused-ring (bicyclic) bond motifs is 1. The molecule has 2 fully saturated rings. The van der Waals surface area contributed by atoms with Crippen molar-refractivity contribution in [2.24, 2.45) is 22.7 Å². The number of hydrogen-bond donors (Lipinski definition) is 1. The summed E-state index contributed by atoms with van der Waals surface area (Å²) in [4.78, 5) is 12.5. The number of carbonyl (C=O) groups is 1. The van der Waals surface area contributed by atoms with Gasteiger partial charge in [0.15, 0.2) is 0 Å². The van der Waals surface area contributed by atoms with Crippen LogP contribution in [0.2, 0.25) is 0 Å². The molecule has 29 heavy (non-hydrogen) atoms. The molecule has 0 spiro atoms. The molecule has 2 aromatic carbocycles. The summed E-state index contributed by atoms with van der Waals surface area (Å²) in [5, 5.41) is 13.4. The first-order valence-electron chi connectivity index (χ1n) is 10.7. The standard InChI is InChI=1S/C25H32O3Si/c1-24(2,3)23-21-14-18(26)15-25(21,16-22(23)27)17-28-29(19-10-6-4-7-11-19)20-12-8-5-9-13-20/h4-13,21-23,27,29H,14-17H2,1-3H3/t21-,22+,23+,25+/m0/s1. The maximum Gasteiger partial charge on any atom is 0.239 e. The number of carbonyl (C=O) groups excluding carboxylic acids is 1. The van der Waals surface area contributed by atoms with E-state index in [9.17, 15) is 9.90 Å². The van der Waals surface area contributed by atoms with Crippen LogP contribution < -0.4 is 10.4 Å². The van der Waals surface area contributed by atoms with Gasteiger partial charge in [0.2, 0.25) is 9.04 Å². The summed E-state index contributed by atoms with van der Waals surface area (Å²) in [6, 6.07) is 20.9. The Labute approximate surface area is 175 Å². The second kappa shape index (κ2) is 7.82. The molecule has 3 nitrogen and oxygen atoms in total. The van der Waals surface area contributed by atoms with Crippen LogP contribution in [0, 0.1) is 22.7 Å². The molecule has 4 atom stereocenters. The van der Waals surface area contributed by atoms with Crippen LogP contribution in [0.15, 0.2) is 60.7 Å². The number of benzene rings is 2. The minimum absolute atomic E-state index is 0.0217. The summed E-state index contributed by atoms with van der Waals surface area (Å²) in [7, 11) is -1.86. The van der Waals surface area contributed by atoms with Crippen molar-refractivity contribution in [2.75, 3.05) is 6.61 Å². The van der Waals surface area contributed by atoms with Crippen LogP contribution in [0.3, 0.4) is 0 Å². The number of ketones is 1. The zero-order valence-corrected chi connectivity index (χ0v) is 18.8. The molecule has 0 bridgehead atoms. The topological polar surface area (TPSA) is 46.5 Å². The van der Waals surface area contributed by atoms with Crippen LogP contribution in [0.4, 0.5) is 0 Å². The van der Waals surface area contributed by atoms with E-state index in [0.717, 1.165) is 0 Å². The van der Waals surface area contributed by atoms with E-state index in [1.165, 1.54) is 10.4 Å². The molecule has 0 aromatic heterocycles. The Kier molecular flexibility index (Phi) is 5.53. The highest BCUT2D eigenvalue weighted by atomic mass is 28.3. The predicted octanol–water partition coefficient (Wildman–Crippen LogP) is 2.93. The first-order chi connectivity index (χ1) is 13.8. The van der Waals surface area contributed by atoms with E-state index in [0.29, 0.717) is 31.7 Å². The zero-order chi connectivity index (χ0) is 20.6. The van der Waals surface area contributed by atoms with Crippen LogP contribution in [0.25, 0.3) is 0 Å². The van der Waals surface area contributed by atoms with E-state index in [2.05, 4.69) is 69.3 Å². The Bertz CT molecular complexity index is 806. The summed E-state index contributed by atoms with van der Waals surface area (Å²) < 4.78 is 6.74. The largest absolute Gasteiger partial charge is 0.410 e. The van der Waals surface area contributed by atoms with Crippen molar-refractivity contribution in [3.05, 3.63) is 60.7 Å². The van der Waals surface area contributed by atoms with Gasteiger partial charge in [0.25, 0.3) is 0 Å². The predicted molar refractivity (Wildman–Crippen MR) is 119 cm³/mol. The van der Waals surface area contributed by atoms with Gasteiger partial charge in [-0.15, -0.1) is 0 Å². The normalized spacial score (nSPS) is 29.4. The van der Waals surface area contributed by atoms with Gasteiger partial charge in [0.05, 0.1) is 6.10 Å². The van der Waals surface area contributed by atoms with Crippen LogP contribution in [-0.2, 0) is 9.22 Å². The van der Waals surface area contributed by atoms with E-state index in [-0.39, 0.29) is 28.8 Å².